The standard InChI is InChI=1S/C24H22FN5O4S2/c1-16(18-7-3-2-5-17(18)6-4-8-29-9-11-33-12-10-29)30-20-13-19(25)22(14-21(20)34-24(30)31)36(32)28-23-26-15-27-35-23/h2-3,5,7,13-16H,8-12H2,1H3,(H,26,27,28)/t16-,36?/m1/s1. The molecule has 0 bridgehead atoms. The third-order valence-corrected chi connectivity index (χ3v) is 7.64. The number of nitrogens with one attached hydrogen (secondary N) is 1. The van der Waals surface area contributed by atoms with Crippen LogP contribution in [-0.4, -0.2) is 56.2 Å². The second-order valence-corrected chi connectivity index (χ2v) is 10.0. The maximum atomic E-state index is 15.0. The van der Waals surface area contributed by atoms with E-state index in [1.165, 1.54) is 23.0 Å². The summed E-state index contributed by atoms with van der Waals surface area (Å²) in [4.78, 5) is 18.8. The smallest absolute Gasteiger partial charge is 0.420 e. The van der Waals surface area contributed by atoms with Gasteiger partial charge in [0.25, 0.3) is 0 Å². The van der Waals surface area contributed by atoms with E-state index >= 15 is 4.39 Å². The Bertz CT molecular complexity index is 1470. The van der Waals surface area contributed by atoms with Gasteiger partial charge in [0.1, 0.15) is 17.7 Å². The summed E-state index contributed by atoms with van der Waals surface area (Å²) in [5, 5.41) is 0.284. The minimum Gasteiger partial charge on any atom is -0.588 e. The molecule has 0 saturated carbocycles. The van der Waals surface area contributed by atoms with Crippen LogP contribution >= 0.6 is 11.5 Å². The van der Waals surface area contributed by atoms with Crippen LogP contribution in [0.5, 0.6) is 0 Å². The van der Waals surface area contributed by atoms with Crippen molar-refractivity contribution < 1.29 is 18.1 Å². The van der Waals surface area contributed by atoms with Crippen LogP contribution in [0.4, 0.5) is 9.52 Å². The molecule has 1 N–H and O–H groups in total. The highest BCUT2D eigenvalue weighted by Gasteiger charge is 2.25. The molecule has 5 rings (SSSR count). The lowest BCUT2D eigenvalue weighted by Gasteiger charge is -2.24. The molecule has 1 fully saturated rings. The zero-order valence-electron chi connectivity index (χ0n) is 19.3. The van der Waals surface area contributed by atoms with E-state index in [2.05, 4.69) is 30.8 Å². The van der Waals surface area contributed by atoms with E-state index in [9.17, 15) is 9.35 Å². The molecule has 9 nitrogen and oxygen atoms in total. The average Bonchev–Trinajstić information content (AvgIpc) is 3.50. The van der Waals surface area contributed by atoms with E-state index in [-0.39, 0.29) is 21.1 Å². The minimum absolute atomic E-state index is 0.131. The molecule has 12 heteroatoms. The molecule has 3 heterocycles. The largest absolute Gasteiger partial charge is 0.588 e. The summed E-state index contributed by atoms with van der Waals surface area (Å²) in [7, 11) is 0. The number of benzene rings is 2. The molecule has 2 aromatic carbocycles. The maximum Gasteiger partial charge on any atom is 0.420 e. The van der Waals surface area contributed by atoms with Crippen molar-refractivity contribution in [2.45, 2.75) is 17.9 Å². The summed E-state index contributed by atoms with van der Waals surface area (Å²) in [6, 6.07) is 9.49. The van der Waals surface area contributed by atoms with Crippen molar-refractivity contribution in [2.24, 2.45) is 0 Å². The molecule has 1 saturated heterocycles. The van der Waals surface area contributed by atoms with Crippen LogP contribution in [0.1, 0.15) is 24.1 Å². The van der Waals surface area contributed by atoms with Crippen LogP contribution in [0.15, 0.2) is 56.8 Å². The highest BCUT2D eigenvalue weighted by atomic mass is 32.2. The quantitative estimate of drug-likeness (QED) is 0.301. The molecule has 4 aromatic rings. The van der Waals surface area contributed by atoms with Gasteiger partial charge in [-0.2, -0.15) is 9.10 Å². The van der Waals surface area contributed by atoms with Crippen LogP contribution in [0.25, 0.3) is 11.1 Å². The summed E-state index contributed by atoms with van der Waals surface area (Å²) < 4.78 is 46.2. The van der Waals surface area contributed by atoms with Crippen molar-refractivity contribution in [1.29, 1.82) is 0 Å². The van der Waals surface area contributed by atoms with Gasteiger partial charge in [0.2, 0.25) is 10.0 Å². The van der Waals surface area contributed by atoms with Gasteiger partial charge in [-0.1, -0.05) is 30.0 Å². The monoisotopic (exact) mass is 527 g/mol. The fourth-order valence-corrected chi connectivity index (χ4v) is 5.45. The fraction of sp³-hybridized carbons (Fsp3) is 0.292. The number of hydrogen-bond acceptors (Lipinski definition) is 9. The van der Waals surface area contributed by atoms with Gasteiger partial charge in [0.05, 0.1) is 31.3 Å². The fourth-order valence-electron chi connectivity index (χ4n) is 4.02. The Kier molecular flexibility index (Phi) is 7.35. The Balaban J connectivity index is 1.44. The molecule has 36 heavy (non-hydrogen) atoms. The van der Waals surface area contributed by atoms with Gasteiger partial charge in [-0.3, -0.25) is 9.47 Å². The van der Waals surface area contributed by atoms with E-state index < -0.39 is 29.0 Å². The molecule has 0 amide bonds. The number of fused-ring (bicyclic) bond motifs is 1. The van der Waals surface area contributed by atoms with E-state index in [0.717, 1.165) is 35.7 Å². The summed E-state index contributed by atoms with van der Waals surface area (Å²) in [6.07, 6.45) is 1.30. The van der Waals surface area contributed by atoms with Crippen molar-refractivity contribution >= 4 is 39.1 Å². The van der Waals surface area contributed by atoms with E-state index in [0.29, 0.717) is 19.8 Å². The molecule has 1 aliphatic rings. The number of aromatic nitrogens is 3. The number of rotatable bonds is 6. The highest BCUT2D eigenvalue weighted by molar-refractivity contribution is 7.93. The van der Waals surface area contributed by atoms with E-state index in [1.807, 2.05) is 31.2 Å². The second kappa shape index (κ2) is 10.8. The lowest BCUT2D eigenvalue weighted by Crippen LogP contribution is -2.36. The zero-order valence-corrected chi connectivity index (χ0v) is 20.9. The molecule has 1 aliphatic heterocycles. The van der Waals surface area contributed by atoms with Gasteiger partial charge in [-0.15, -0.1) is 0 Å². The molecular weight excluding hydrogens is 505 g/mol. The van der Waals surface area contributed by atoms with Crippen LogP contribution in [0.3, 0.4) is 0 Å². The lowest BCUT2D eigenvalue weighted by atomic mass is 10.0. The van der Waals surface area contributed by atoms with Gasteiger partial charge in [-0.05, 0) is 18.6 Å². The van der Waals surface area contributed by atoms with Crippen molar-refractivity contribution in [3.8, 4) is 11.8 Å². The SMILES string of the molecule is C[C@H](c1ccccc1C#CCN1CCOCC1)n1c(=O)oc2cc([S+]([O-])Nc3ncns3)c(F)cc21. The van der Waals surface area contributed by atoms with Crippen molar-refractivity contribution in [3.05, 3.63) is 70.2 Å². The molecule has 0 aliphatic carbocycles. The molecule has 186 valence electrons. The number of ether oxygens (including phenoxy) is 1. The molecule has 0 spiro atoms. The Morgan fingerprint density at radius 2 is 2.11 bits per heavy atom. The van der Waals surface area contributed by atoms with Crippen LogP contribution in [-0.2, 0) is 16.1 Å². The lowest BCUT2D eigenvalue weighted by molar-refractivity contribution is 0.0443. The maximum absolute atomic E-state index is 15.0. The van der Waals surface area contributed by atoms with Crippen LogP contribution in [0.2, 0.25) is 0 Å². The number of hydrogen-bond donors (Lipinski definition) is 1. The predicted molar refractivity (Wildman–Crippen MR) is 135 cm³/mol. The van der Waals surface area contributed by atoms with Crippen LogP contribution < -0.4 is 10.5 Å². The molecule has 0 radical (unpaired) electrons. The third-order valence-electron chi connectivity index (χ3n) is 5.84. The van der Waals surface area contributed by atoms with Crippen molar-refractivity contribution in [1.82, 2.24) is 18.8 Å². The first-order valence-electron chi connectivity index (χ1n) is 11.2. The topological polar surface area (TPSA) is 108 Å². The number of oxazole rings is 1. The van der Waals surface area contributed by atoms with Crippen molar-refractivity contribution in [2.75, 3.05) is 37.6 Å². The van der Waals surface area contributed by atoms with Gasteiger partial charge in [-0.25, -0.2) is 14.2 Å². The number of anilines is 1. The summed E-state index contributed by atoms with van der Waals surface area (Å²) in [5.74, 6) is 5.04. The first kappa shape index (κ1) is 24.5. The second-order valence-electron chi connectivity index (χ2n) is 8.06. The summed E-state index contributed by atoms with van der Waals surface area (Å²) in [5.41, 5.74) is 1.98. The summed E-state index contributed by atoms with van der Waals surface area (Å²) >= 11 is -0.959. The Hall–Kier alpha value is -3.21. The molecular formula is C24H22FN5O4S2. The normalized spacial score (nSPS) is 15.9. The molecule has 2 aromatic heterocycles. The van der Waals surface area contributed by atoms with Gasteiger partial charge in [0.15, 0.2) is 11.4 Å². The number of morpholine rings is 1. The average molecular weight is 528 g/mol. The Morgan fingerprint density at radius 1 is 1.31 bits per heavy atom. The Morgan fingerprint density at radius 3 is 2.89 bits per heavy atom. The number of halogens is 1. The predicted octanol–water partition coefficient (Wildman–Crippen LogP) is 3.01. The first-order chi connectivity index (χ1) is 17.5. The van der Waals surface area contributed by atoms with Crippen LogP contribution in [0, 0.1) is 17.7 Å². The third kappa shape index (κ3) is 5.16. The number of nitrogens with zero attached hydrogens (tertiary/aromatic N) is 4. The zero-order chi connectivity index (χ0) is 25.1. The first-order valence-corrected chi connectivity index (χ1v) is 13.1. The van der Waals surface area contributed by atoms with E-state index in [1.54, 1.807) is 0 Å². The Labute approximate surface area is 213 Å². The van der Waals surface area contributed by atoms with Crippen molar-refractivity contribution in [3.63, 3.8) is 0 Å². The molecule has 1 unspecified atom stereocenters. The minimum atomic E-state index is -1.95. The summed E-state index contributed by atoms with van der Waals surface area (Å²) in [6.45, 7) is 5.55. The highest BCUT2D eigenvalue weighted by Crippen LogP contribution is 2.29. The van der Waals surface area contributed by atoms with E-state index in [4.69, 9.17) is 9.15 Å². The van der Waals surface area contributed by atoms with Gasteiger partial charge in [0, 0.05) is 42.3 Å². The molecule has 2 atom stereocenters. The van der Waals surface area contributed by atoms with Gasteiger partial charge >= 0.3 is 5.76 Å². The van der Waals surface area contributed by atoms with Gasteiger partial charge < -0.3 is 13.7 Å².